The Hall–Kier alpha value is -3.35. The Kier molecular flexibility index (Phi) is 4.97. The first kappa shape index (κ1) is 18.0. The number of aromatic nitrogens is 2. The molecule has 0 fully saturated rings. The quantitative estimate of drug-likeness (QED) is 0.460. The maximum Gasteiger partial charge on any atom is 0.261 e. The van der Waals surface area contributed by atoms with E-state index < -0.39 is 0 Å². The standard InChI is InChI=1S/C21H18FN3O3/c22-15-11-9-14(10-12-15)19-23-18(28-24-19)8-2-1-5-13-25-20(26)16-6-3-4-7-17(16)21(25)27/h3-4,6-7,9-12H,1-2,5,8,13H2. The zero-order valence-corrected chi connectivity index (χ0v) is 15.1. The molecule has 0 N–H and O–H groups in total. The molecule has 0 bridgehead atoms. The van der Waals surface area contributed by atoms with Gasteiger partial charge in [-0.3, -0.25) is 14.5 Å². The number of imide groups is 1. The number of hydrogen-bond donors (Lipinski definition) is 0. The van der Waals surface area contributed by atoms with Gasteiger partial charge in [-0.15, -0.1) is 0 Å². The van der Waals surface area contributed by atoms with Crippen LogP contribution in [0.2, 0.25) is 0 Å². The first-order valence-electron chi connectivity index (χ1n) is 9.17. The molecule has 0 aliphatic carbocycles. The molecule has 2 amide bonds. The molecule has 2 aromatic carbocycles. The van der Waals surface area contributed by atoms with Crippen LogP contribution in [0.15, 0.2) is 53.1 Å². The maximum absolute atomic E-state index is 13.0. The number of fused-ring (bicyclic) bond motifs is 1. The summed E-state index contributed by atoms with van der Waals surface area (Å²) in [6, 6.07) is 12.8. The predicted molar refractivity (Wildman–Crippen MR) is 99.1 cm³/mol. The van der Waals surface area contributed by atoms with E-state index in [0.29, 0.717) is 47.8 Å². The third-order valence-electron chi connectivity index (χ3n) is 4.72. The highest BCUT2D eigenvalue weighted by Gasteiger charge is 2.34. The van der Waals surface area contributed by atoms with Crippen LogP contribution in [-0.4, -0.2) is 33.4 Å². The Bertz CT molecular complexity index is 979. The molecule has 3 aromatic rings. The highest BCUT2D eigenvalue weighted by atomic mass is 19.1. The molecule has 0 unspecified atom stereocenters. The monoisotopic (exact) mass is 379 g/mol. The van der Waals surface area contributed by atoms with Crippen molar-refractivity contribution >= 4 is 11.8 Å². The summed E-state index contributed by atoms with van der Waals surface area (Å²) in [6.45, 7) is 0.400. The predicted octanol–water partition coefficient (Wildman–Crippen LogP) is 3.88. The number of hydrogen-bond acceptors (Lipinski definition) is 5. The molecule has 1 aliphatic rings. The smallest absolute Gasteiger partial charge is 0.261 e. The Balaban J connectivity index is 1.24. The van der Waals surface area contributed by atoms with Crippen LogP contribution in [-0.2, 0) is 6.42 Å². The topological polar surface area (TPSA) is 76.3 Å². The molecule has 1 aromatic heterocycles. The van der Waals surface area contributed by atoms with E-state index in [1.807, 2.05) is 0 Å². The van der Waals surface area contributed by atoms with Crippen LogP contribution in [0.4, 0.5) is 4.39 Å². The molecule has 1 aliphatic heterocycles. The summed E-state index contributed by atoms with van der Waals surface area (Å²) >= 11 is 0. The van der Waals surface area contributed by atoms with E-state index in [0.717, 1.165) is 12.8 Å². The van der Waals surface area contributed by atoms with Crippen LogP contribution < -0.4 is 0 Å². The zero-order valence-electron chi connectivity index (χ0n) is 15.1. The zero-order chi connectivity index (χ0) is 19.5. The molecule has 0 atom stereocenters. The van der Waals surface area contributed by atoms with Gasteiger partial charge in [0.05, 0.1) is 11.1 Å². The number of rotatable bonds is 7. The van der Waals surface area contributed by atoms with E-state index in [2.05, 4.69) is 10.1 Å². The van der Waals surface area contributed by atoms with E-state index in [9.17, 15) is 14.0 Å². The number of amides is 2. The highest BCUT2D eigenvalue weighted by Crippen LogP contribution is 2.23. The molecular weight excluding hydrogens is 361 g/mol. The van der Waals surface area contributed by atoms with Crippen LogP contribution >= 0.6 is 0 Å². The molecular formula is C21H18FN3O3. The molecule has 0 spiro atoms. The van der Waals surface area contributed by atoms with Crippen LogP contribution in [0.1, 0.15) is 45.9 Å². The van der Waals surface area contributed by atoms with Crippen LogP contribution in [0.25, 0.3) is 11.4 Å². The van der Waals surface area contributed by atoms with Gasteiger partial charge < -0.3 is 4.52 Å². The summed E-state index contributed by atoms with van der Waals surface area (Å²) in [7, 11) is 0. The van der Waals surface area contributed by atoms with Gasteiger partial charge in [-0.2, -0.15) is 4.98 Å². The SMILES string of the molecule is O=C1c2ccccc2C(=O)N1CCCCCc1nc(-c2ccc(F)cc2)no1. The van der Waals surface area contributed by atoms with Crippen molar-refractivity contribution in [3.05, 3.63) is 71.4 Å². The fraction of sp³-hybridized carbons (Fsp3) is 0.238. The molecule has 6 nitrogen and oxygen atoms in total. The lowest BCUT2D eigenvalue weighted by molar-refractivity contribution is 0.0651. The third-order valence-corrected chi connectivity index (χ3v) is 4.72. The second kappa shape index (κ2) is 7.72. The van der Waals surface area contributed by atoms with Gasteiger partial charge in [0.2, 0.25) is 11.7 Å². The second-order valence-corrected chi connectivity index (χ2v) is 6.64. The van der Waals surface area contributed by atoms with Crippen molar-refractivity contribution in [2.75, 3.05) is 6.54 Å². The van der Waals surface area contributed by atoms with Crippen LogP contribution in [0, 0.1) is 5.82 Å². The van der Waals surface area contributed by atoms with Crippen molar-refractivity contribution in [1.82, 2.24) is 15.0 Å². The maximum atomic E-state index is 13.0. The van der Waals surface area contributed by atoms with Crippen LogP contribution in [0.5, 0.6) is 0 Å². The number of halogens is 1. The van der Waals surface area contributed by atoms with Gasteiger partial charge in [0.1, 0.15) is 5.82 Å². The Morgan fingerprint density at radius 2 is 1.57 bits per heavy atom. The molecule has 7 heteroatoms. The summed E-state index contributed by atoms with van der Waals surface area (Å²) < 4.78 is 18.2. The third kappa shape index (κ3) is 3.55. The first-order chi connectivity index (χ1) is 13.6. The van der Waals surface area contributed by atoms with Crippen molar-refractivity contribution in [1.29, 1.82) is 0 Å². The van der Waals surface area contributed by atoms with Gasteiger partial charge in [0.25, 0.3) is 11.8 Å². The van der Waals surface area contributed by atoms with Crippen molar-refractivity contribution in [3.8, 4) is 11.4 Å². The lowest BCUT2D eigenvalue weighted by Crippen LogP contribution is -2.30. The molecule has 0 radical (unpaired) electrons. The van der Waals surface area contributed by atoms with Crippen molar-refractivity contribution in [2.24, 2.45) is 0 Å². The van der Waals surface area contributed by atoms with Gasteiger partial charge >= 0.3 is 0 Å². The Labute approximate surface area is 161 Å². The number of aryl methyl sites for hydroxylation is 1. The largest absolute Gasteiger partial charge is 0.339 e. The Morgan fingerprint density at radius 1 is 0.893 bits per heavy atom. The molecule has 0 saturated heterocycles. The lowest BCUT2D eigenvalue weighted by atomic mass is 10.1. The summed E-state index contributed by atoms with van der Waals surface area (Å²) in [4.78, 5) is 30.2. The minimum Gasteiger partial charge on any atom is -0.339 e. The molecule has 28 heavy (non-hydrogen) atoms. The first-order valence-corrected chi connectivity index (χ1v) is 9.17. The van der Waals surface area contributed by atoms with Crippen molar-refractivity contribution < 1.29 is 18.5 Å². The Morgan fingerprint density at radius 3 is 2.25 bits per heavy atom. The summed E-state index contributed by atoms with van der Waals surface area (Å²) in [5, 5.41) is 3.91. The summed E-state index contributed by atoms with van der Waals surface area (Å²) in [5.74, 6) is 0.189. The number of nitrogens with zero attached hydrogens (tertiary/aromatic N) is 3. The molecule has 4 rings (SSSR count). The van der Waals surface area contributed by atoms with Crippen molar-refractivity contribution in [2.45, 2.75) is 25.7 Å². The molecule has 142 valence electrons. The van der Waals surface area contributed by atoms with E-state index in [4.69, 9.17) is 4.52 Å². The van der Waals surface area contributed by atoms with Gasteiger partial charge in [0.15, 0.2) is 0 Å². The van der Waals surface area contributed by atoms with Crippen molar-refractivity contribution in [3.63, 3.8) is 0 Å². The lowest BCUT2D eigenvalue weighted by Gasteiger charge is -2.13. The van der Waals surface area contributed by atoms with E-state index >= 15 is 0 Å². The van der Waals surface area contributed by atoms with E-state index in [-0.39, 0.29) is 17.6 Å². The average Bonchev–Trinajstić information content (AvgIpc) is 3.27. The van der Waals surface area contributed by atoms with Gasteiger partial charge in [-0.25, -0.2) is 4.39 Å². The summed E-state index contributed by atoms with van der Waals surface area (Å²) in [5.41, 5.74) is 1.65. The summed E-state index contributed by atoms with van der Waals surface area (Å²) in [6.07, 6.45) is 2.94. The van der Waals surface area contributed by atoms with Crippen LogP contribution in [0.3, 0.4) is 0 Å². The van der Waals surface area contributed by atoms with E-state index in [1.165, 1.54) is 17.0 Å². The fourth-order valence-electron chi connectivity index (χ4n) is 3.24. The second-order valence-electron chi connectivity index (χ2n) is 6.64. The average molecular weight is 379 g/mol. The number of carbonyl (C=O) groups is 2. The fourth-order valence-corrected chi connectivity index (χ4v) is 3.24. The minimum atomic E-state index is -0.314. The van der Waals surface area contributed by atoms with Gasteiger partial charge in [0, 0.05) is 18.5 Å². The number of benzene rings is 2. The number of carbonyl (C=O) groups excluding carboxylic acids is 2. The molecule has 0 saturated carbocycles. The minimum absolute atomic E-state index is 0.221. The van der Waals surface area contributed by atoms with E-state index in [1.54, 1.807) is 36.4 Å². The molecule has 2 heterocycles. The highest BCUT2D eigenvalue weighted by molar-refractivity contribution is 6.21. The number of unbranched alkanes of at least 4 members (excludes halogenated alkanes) is 2. The van der Waals surface area contributed by atoms with Gasteiger partial charge in [-0.05, 0) is 49.2 Å². The van der Waals surface area contributed by atoms with Gasteiger partial charge in [-0.1, -0.05) is 23.7 Å². The normalized spacial score (nSPS) is 13.2.